The minimum atomic E-state index is -0.447. The summed E-state index contributed by atoms with van der Waals surface area (Å²) in [6.45, 7) is 2.44. The van der Waals surface area contributed by atoms with Gasteiger partial charge in [0.15, 0.2) is 0 Å². The Bertz CT molecular complexity index is 936. The van der Waals surface area contributed by atoms with Crippen molar-refractivity contribution < 1.29 is 4.92 Å². The van der Waals surface area contributed by atoms with E-state index in [-0.39, 0.29) is 5.69 Å². The molecule has 8 heteroatoms. The van der Waals surface area contributed by atoms with Crippen LogP contribution in [0.4, 0.5) is 11.4 Å². The standard InChI is InChI=1S/C18H16ClN5O2/c1-13-17(11-20-21-15-7-9-16(10-8-15)24(25)26)18(19)23(22-13)12-14-5-3-2-4-6-14/h2-11,21H,12H2,1H3/b20-11+. The highest BCUT2D eigenvalue weighted by Gasteiger charge is 2.12. The molecule has 1 heterocycles. The highest BCUT2D eigenvalue weighted by molar-refractivity contribution is 6.32. The molecule has 0 unspecified atom stereocenters. The number of aryl methyl sites for hydroxylation is 1. The number of hydrazone groups is 1. The first-order valence-corrected chi connectivity index (χ1v) is 8.23. The van der Waals surface area contributed by atoms with Crippen LogP contribution in [0.1, 0.15) is 16.8 Å². The van der Waals surface area contributed by atoms with Gasteiger partial charge in [0, 0.05) is 12.1 Å². The van der Waals surface area contributed by atoms with E-state index in [1.807, 2.05) is 37.3 Å². The average Bonchev–Trinajstić information content (AvgIpc) is 2.90. The summed E-state index contributed by atoms with van der Waals surface area (Å²) in [5, 5.41) is 19.8. The van der Waals surface area contributed by atoms with Crippen LogP contribution in [0.2, 0.25) is 5.15 Å². The average molecular weight is 370 g/mol. The van der Waals surface area contributed by atoms with Crippen molar-refractivity contribution in [2.75, 3.05) is 5.43 Å². The Morgan fingerprint density at radius 2 is 1.92 bits per heavy atom. The molecule has 0 saturated carbocycles. The van der Waals surface area contributed by atoms with Gasteiger partial charge in [-0.25, -0.2) is 4.68 Å². The number of nitrogens with one attached hydrogen (secondary N) is 1. The molecule has 26 heavy (non-hydrogen) atoms. The van der Waals surface area contributed by atoms with Crippen LogP contribution in [0, 0.1) is 17.0 Å². The minimum absolute atomic E-state index is 0.0283. The van der Waals surface area contributed by atoms with E-state index in [1.54, 1.807) is 23.0 Å². The van der Waals surface area contributed by atoms with Crippen LogP contribution in [0.5, 0.6) is 0 Å². The smallest absolute Gasteiger partial charge is 0.269 e. The molecule has 3 rings (SSSR count). The fourth-order valence-electron chi connectivity index (χ4n) is 2.40. The van der Waals surface area contributed by atoms with Crippen LogP contribution in [0.25, 0.3) is 0 Å². The van der Waals surface area contributed by atoms with E-state index < -0.39 is 4.92 Å². The summed E-state index contributed by atoms with van der Waals surface area (Å²) in [4.78, 5) is 10.2. The van der Waals surface area contributed by atoms with E-state index in [4.69, 9.17) is 11.6 Å². The molecule has 0 spiro atoms. The molecule has 0 atom stereocenters. The number of nitro groups is 1. The van der Waals surface area contributed by atoms with Gasteiger partial charge in [0.1, 0.15) is 5.15 Å². The van der Waals surface area contributed by atoms with Crippen LogP contribution >= 0.6 is 11.6 Å². The summed E-state index contributed by atoms with van der Waals surface area (Å²) in [5.41, 5.74) is 6.07. The summed E-state index contributed by atoms with van der Waals surface area (Å²) in [6.07, 6.45) is 1.59. The Kier molecular flexibility index (Phi) is 5.28. The van der Waals surface area contributed by atoms with Crippen molar-refractivity contribution >= 4 is 29.2 Å². The summed E-state index contributed by atoms with van der Waals surface area (Å²) in [6, 6.07) is 15.9. The lowest BCUT2D eigenvalue weighted by Crippen LogP contribution is -2.01. The van der Waals surface area contributed by atoms with Crippen LogP contribution in [-0.4, -0.2) is 20.9 Å². The van der Waals surface area contributed by atoms with Crippen molar-refractivity contribution in [2.45, 2.75) is 13.5 Å². The van der Waals surface area contributed by atoms with Gasteiger partial charge in [-0.2, -0.15) is 10.2 Å². The van der Waals surface area contributed by atoms with Gasteiger partial charge in [-0.05, 0) is 24.6 Å². The maximum atomic E-state index is 10.7. The molecule has 1 aromatic heterocycles. The van der Waals surface area contributed by atoms with Gasteiger partial charge in [-0.3, -0.25) is 15.5 Å². The largest absolute Gasteiger partial charge is 0.278 e. The molecule has 0 fully saturated rings. The lowest BCUT2D eigenvalue weighted by molar-refractivity contribution is -0.384. The molecule has 1 N–H and O–H groups in total. The van der Waals surface area contributed by atoms with E-state index in [0.29, 0.717) is 17.4 Å². The van der Waals surface area contributed by atoms with Crippen molar-refractivity contribution in [1.29, 1.82) is 0 Å². The Balaban J connectivity index is 1.71. The summed E-state index contributed by atoms with van der Waals surface area (Å²) in [7, 11) is 0. The number of nitrogens with zero attached hydrogens (tertiary/aromatic N) is 4. The molecule has 0 bridgehead atoms. The van der Waals surface area contributed by atoms with Crippen molar-refractivity contribution in [3.8, 4) is 0 Å². The number of benzene rings is 2. The lowest BCUT2D eigenvalue weighted by atomic mass is 10.2. The van der Waals surface area contributed by atoms with E-state index in [9.17, 15) is 10.1 Å². The molecule has 0 aliphatic rings. The van der Waals surface area contributed by atoms with Crippen LogP contribution in [0.15, 0.2) is 59.7 Å². The highest BCUT2D eigenvalue weighted by atomic mass is 35.5. The number of halogens is 1. The molecule has 0 aliphatic carbocycles. The second-order valence-corrected chi connectivity index (χ2v) is 5.97. The maximum absolute atomic E-state index is 10.7. The van der Waals surface area contributed by atoms with Gasteiger partial charge in [0.05, 0.1) is 34.6 Å². The Labute approximate surface area is 155 Å². The van der Waals surface area contributed by atoms with Crippen LogP contribution in [0.3, 0.4) is 0 Å². The number of hydrogen-bond donors (Lipinski definition) is 1. The fraction of sp³-hybridized carbons (Fsp3) is 0.111. The Morgan fingerprint density at radius 3 is 2.58 bits per heavy atom. The molecule has 2 aromatic carbocycles. The predicted octanol–water partition coefficient (Wildman–Crippen LogP) is 4.25. The van der Waals surface area contributed by atoms with E-state index in [1.165, 1.54) is 12.1 Å². The number of aromatic nitrogens is 2. The van der Waals surface area contributed by atoms with Crippen LogP contribution < -0.4 is 5.43 Å². The summed E-state index contributed by atoms with van der Waals surface area (Å²) in [5.74, 6) is 0. The molecule has 0 aliphatic heterocycles. The number of rotatable bonds is 6. The molecule has 132 valence electrons. The number of non-ortho nitro benzene ring substituents is 1. The zero-order valence-corrected chi connectivity index (χ0v) is 14.7. The van der Waals surface area contributed by atoms with Gasteiger partial charge in [-0.1, -0.05) is 41.9 Å². The van der Waals surface area contributed by atoms with Gasteiger partial charge < -0.3 is 0 Å². The molecule has 3 aromatic rings. The first kappa shape index (κ1) is 17.6. The number of anilines is 1. The Hall–Kier alpha value is -3.19. The zero-order chi connectivity index (χ0) is 18.5. The SMILES string of the molecule is Cc1nn(Cc2ccccc2)c(Cl)c1/C=N/Nc1ccc([N+](=O)[O-])cc1. The summed E-state index contributed by atoms with van der Waals surface area (Å²) >= 11 is 6.42. The molecular formula is C18H16ClN5O2. The van der Waals surface area contributed by atoms with Gasteiger partial charge >= 0.3 is 0 Å². The predicted molar refractivity (Wildman–Crippen MR) is 102 cm³/mol. The third-order valence-corrected chi connectivity index (χ3v) is 4.15. The maximum Gasteiger partial charge on any atom is 0.269 e. The quantitative estimate of drug-likeness (QED) is 0.400. The van der Waals surface area contributed by atoms with Crippen molar-refractivity contribution in [3.63, 3.8) is 0 Å². The monoisotopic (exact) mass is 369 g/mol. The molecule has 0 radical (unpaired) electrons. The van der Waals surface area contributed by atoms with Gasteiger partial charge in [0.25, 0.3) is 5.69 Å². The molecule has 7 nitrogen and oxygen atoms in total. The third-order valence-electron chi connectivity index (χ3n) is 3.75. The fourth-order valence-corrected chi connectivity index (χ4v) is 2.69. The van der Waals surface area contributed by atoms with Crippen molar-refractivity contribution in [1.82, 2.24) is 9.78 Å². The first-order valence-electron chi connectivity index (χ1n) is 7.85. The van der Waals surface area contributed by atoms with Gasteiger partial charge in [-0.15, -0.1) is 0 Å². The second kappa shape index (κ2) is 7.79. The topological polar surface area (TPSA) is 85.3 Å². The van der Waals surface area contributed by atoms with Crippen molar-refractivity contribution in [3.05, 3.63) is 86.7 Å². The molecule has 0 amide bonds. The normalized spacial score (nSPS) is 11.0. The highest BCUT2D eigenvalue weighted by Crippen LogP contribution is 2.20. The number of nitro benzene ring substituents is 1. The van der Waals surface area contributed by atoms with Crippen LogP contribution in [-0.2, 0) is 6.54 Å². The summed E-state index contributed by atoms with van der Waals surface area (Å²) < 4.78 is 1.72. The zero-order valence-electron chi connectivity index (χ0n) is 14.0. The van der Waals surface area contributed by atoms with Crippen molar-refractivity contribution in [2.24, 2.45) is 5.10 Å². The number of hydrogen-bond acceptors (Lipinski definition) is 5. The minimum Gasteiger partial charge on any atom is -0.278 e. The lowest BCUT2D eigenvalue weighted by Gasteiger charge is -2.03. The van der Waals surface area contributed by atoms with E-state index >= 15 is 0 Å². The first-order chi connectivity index (χ1) is 12.5. The Morgan fingerprint density at radius 1 is 1.23 bits per heavy atom. The molecule has 0 saturated heterocycles. The van der Waals surface area contributed by atoms with E-state index in [0.717, 1.165) is 16.8 Å². The third kappa shape index (κ3) is 4.07. The van der Waals surface area contributed by atoms with Gasteiger partial charge in [0.2, 0.25) is 0 Å². The second-order valence-electron chi connectivity index (χ2n) is 5.61. The van der Waals surface area contributed by atoms with E-state index in [2.05, 4.69) is 15.6 Å². The molecular weight excluding hydrogens is 354 g/mol.